The van der Waals surface area contributed by atoms with Crippen LogP contribution in [0.2, 0.25) is 0 Å². The van der Waals surface area contributed by atoms with E-state index in [1.165, 1.54) is 4.90 Å². The van der Waals surface area contributed by atoms with E-state index >= 15 is 0 Å². The normalized spacial score (nSPS) is 14.8. The van der Waals surface area contributed by atoms with Crippen LogP contribution >= 0.6 is 0 Å². The van der Waals surface area contributed by atoms with E-state index in [4.69, 9.17) is 10.8 Å². The Morgan fingerprint density at radius 3 is 2.36 bits per heavy atom. The summed E-state index contributed by atoms with van der Waals surface area (Å²) in [5.41, 5.74) is 5.38. The summed E-state index contributed by atoms with van der Waals surface area (Å²) >= 11 is 0. The van der Waals surface area contributed by atoms with Gasteiger partial charge in [0.1, 0.15) is 0 Å². The lowest BCUT2D eigenvalue weighted by atomic mass is 10.2. The van der Waals surface area contributed by atoms with Crippen molar-refractivity contribution in [3.05, 3.63) is 0 Å². The smallest absolute Gasteiger partial charge is 0.395 e. The van der Waals surface area contributed by atoms with Crippen molar-refractivity contribution in [3.63, 3.8) is 0 Å². The average molecular weight is 214 g/mol. The highest BCUT2D eigenvalue weighted by Crippen LogP contribution is 2.16. The second kappa shape index (κ2) is 6.21. The zero-order valence-electron chi connectivity index (χ0n) is 8.22. The van der Waals surface area contributed by atoms with E-state index in [-0.39, 0.29) is 13.2 Å². The summed E-state index contributed by atoms with van der Waals surface area (Å²) in [6.45, 7) is 1.15. The van der Waals surface area contributed by atoms with Gasteiger partial charge in [-0.15, -0.1) is 0 Å². The number of halogens is 3. The maximum Gasteiger partial charge on any atom is 0.401 e. The number of rotatable bonds is 6. The third kappa shape index (κ3) is 7.11. The molecule has 0 aromatic carbocycles. The number of hydrogen-bond donors (Lipinski definition) is 2. The molecule has 6 heteroatoms. The average Bonchev–Trinajstić information content (AvgIpc) is 2.09. The fourth-order valence-electron chi connectivity index (χ4n) is 1.04. The molecule has 0 aliphatic heterocycles. The van der Waals surface area contributed by atoms with Gasteiger partial charge in [-0.3, -0.25) is 4.90 Å². The lowest BCUT2D eigenvalue weighted by Crippen LogP contribution is -2.38. The fraction of sp³-hybridized carbons (Fsp3) is 1.00. The number of aliphatic hydroxyl groups is 1. The summed E-state index contributed by atoms with van der Waals surface area (Å²) in [7, 11) is 0. The van der Waals surface area contributed by atoms with E-state index < -0.39 is 18.8 Å². The minimum atomic E-state index is -4.17. The molecule has 0 rings (SSSR count). The van der Waals surface area contributed by atoms with Gasteiger partial charge in [0.2, 0.25) is 0 Å². The number of hydrogen-bond acceptors (Lipinski definition) is 3. The molecule has 0 saturated heterocycles. The van der Waals surface area contributed by atoms with Crippen LogP contribution in [0.15, 0.2) is 0 Å². The maximum absolute atomic E-state index is 12.0. The number of nitrogens with zero attached hydrogens (tertiary/aromatic N) is 1. The molecule has 0 aromatic rings. The lowest BCUT2D eigenvalue weighted by molar-refractivity contribution is -0.145. The Morgan fingerprint density at radius 2 is 2.00 bits per heavy atom. The van der Waals surface area contributed by atoms with Crippen LogP contribution < -0.4 is 5.73 Å². The fourth-order valence-corrected chi connectivity index (χ4v) is 1.04. The molecule has 0 radical (unpaired) electrons. The largest absolute Gasteiger partial charge is 0.401 e. The molecular weight excluding hydrogens is 197 g/mol. The van der Waals surface area contributed by atoms with Gasteiger partial charge < -0.3 is 10.8 Å². The summed E-state index contributed by atoms with van der Waals surface area (Å²) in [5.74, 6) is 0. The molecule has 86 valence electrons. The third-order valence-electron chi connectivity index (χ3n) is 1.90. The molecule has 0 aliphatic carbocycles. The van der Waals surface area contributed by atoms with Gasteiger partial charge in [-0.05, 0) is 13.0 Å². The van der Waals surface area contributed by atoms with E-state index in [1.54, 1.807) is 6.92 Å². The number of alkyl halides is 3. The topological polar surface area (TPSA) is 49.5 Å². The zero-order valence-corrected chi connectivity index (χ0v) is 8.22. The van der Waals surface area contributed by atoms with Crippen molar-refractivity contribution < 1.29 is 18.3 Å². The first-order valence-corrected chi connectivity index (χ1v) is 4.54. The Balaban J connectivity index is 3.80. The van der Waals surface area contributed by atoms with Gasteiger partial charge in [0, 0.05) is 12.6 Å². The van der Waals surface area contributed by atoms with Crippen LogP contribution in [-0.4, -0.2) is 48.5 Å². The zero-order chi connectivity index (χ0) is 11.2. The molecule has 14 heavy (non-hydrogen) atoms. The first-order valence-electron chi connectivity index (χ1n) is 4.54. The van der Waals surface area contributed by atoms with Crippen molar-refractivity contribution >= 4 is 0 Å². The second-order valence-electron chi connectivity index (χ2n) is 3.22. The first-order chi connectivity index (χ1) is 6.39. The summed E-state index contributed by atoms with van der Waals surface area (Å²) in [4.78, 5) is 1.26. The molecule has 0 fully saturated rings. The third-order valence-corrected chi connectivity index (χ3v) is 1.90. The predicted molar refractivity (Wildman–Crippen MR) is 47.8 cm³/mol. The van der Waals surface area contributed by atoms with Gasteiger partial charge in [-0.1, -0.05) is 6.92 Å². The molecule has 0 bridgehead atoms. The standard InChI is InChI=1S/C8H17F3N2O/c1-2-13(6-8(9,10)11)4-3-7(12)5-14/h7,14H,2-6,12H2,1H3. The van der Waals surface area contributed by atoms with Crippen LogP contribution in [0.5, 0.6) is 0 Å². The maximum atomic E-state index is 12.0. The molecule has 0 aliphatic rings. The van der Waals surface area contributed by atoms with Crippen LogP contribution in [0.4, 0.5) is 13.2 Å². The van der Waals surface area contributed by atoms with Crippen molar-refractivity contribution in [1.29, 1.82) is 0 Å². The van der Waals surface area contributed by atoms with Crippen LogP contribution in [0, 0.1) is 0 Å². The second-order valence-corrected chi connectivity index (χ2v) is 3.22. The van der Waals surface area contributed by atoms with E-state index in [0.717, 1.165) is 0 Å². The Kier molecular flexibility index (Phi) is 6.06. The van der Waals surface area contributed by atoms with Crippen molar-refractivity contribution in [2.45, 2.75) is 25.6 Å². The van der Waals surface area contributed by atoms with Gasteiger partial charge in [0.15, 0.2) is 0 Å². The van der Waals surface area contributed by atoms with Crippen LogP contribution in [0.25, 0.3) is 0 Å². The van der Waals surface area contributed by atoms with Crippen LogP contribution in [0.1, 0.15) is 13.3 Å². The molecule has 3 N–H and O–H groups in total. The summed E-state index contributed by atoms with van der Waals surface area (Å²) in [6.07, 6.45) is -3.79. The molecular formula is C8H17F3N2O. The molecule has 1 atom stereocenters. The van der Waals surface area contributed by atoms with Crippen LogP contribution in [0.3, 0.4) is 0 Å². The van der Waals surface area contributed by atoms with E-state index in [1.807, 2.05) is 0 Å². The van der Waals surface area contributed by atoms with E-state index in [2.05, 4.69) is 0 Å². The molecule has 0 heterocycles. The monoisotopic (exact) mass is 214 g/mol. The highest BCUT2D eigenvalue weighted by atomic mass is 19.4. The Labute approximate surface area is 81.7 Å². The number of aliphatic hydroxyl groups excluding tert-OH is 1. The molecule has 0 saturated carbocycles. The molecule has 3 nitrogen and oxygen atoms in total. The van der Waals surface area contributed by atoms with E-state index in [0.29, 0.717) is 13.0 Å². The van der Waals surface area contributed by atoms with Gasteiger partial charge in [0.05, 0.1) is 13.2 Å². The van der Waals surface area contributed by atoms with Crippen molar-refractivity contribution in [2.75, 3.05) is 26.2 Å². The molecule has 0 spiro atoms. The molecule has 1 unspecified atom stereocenters. The Hall–Kier alpha value is -0.330. The van der Waals surface area contributed by atoms with Gasteiger partial charge >= 0.3 is 6.18 Å². The summed E-state index contributed by atoms with van der Waals surface area (Å²) in [6, 6.07) is -0.433. The minimum absolute atomic E-state index is 0.191. The van der Waals surface area contributed by atoms with Crippen molar-refractivity contribution in [3.8, 4) is 0 Å². The highest BCUT2D eigenvalue weighted by molar-refractivity contribution is 4.66. The quantitative estimate of drug-likeness (QED) is 0.680. The predicted octanol–water partition coefficient (Wildman–Crippen LogP) is 0.580. The van der Waals surface area contributed by atoms with Gasteiger partial charge in [-0.25, -0.2) is 0 Å². The minimum Gasteiger partial charge on any atom is -0.395 e. The summed E-state index contributed by atoms with van der Waals surface area (Å²) < 4.78 is 35.9. The Morgan fingerprint density at radius 1 is 1.43 bits per heavy atom. The van der Waals surface area contributed by atoms with Crippen LogP contribution in [-0.2, 0) is 0 Å². The van der Waals surface area contributed by atoms with Gasteiger partial charge in [0.25, 0.3) is 0 Å². The highest BCUT2D eigenvalue weighted by Gasteiger charge is 2.29. The summed E-state index contributed by atoms with van der Waals surface area (Å²) in [5, 5.41) is 8.59. The Bertz CT molecular complexity index is 152. The SMILES string of the molecule is CCN(CCC(N)CO)CC(F)(F)F. The molecule has 0 aromatic heterocycles. The van der Waals surface area contributed by atoms with Crippen molar-refractivity contribution in [1.82, 2.24) is 4.90 Å². The van der Waals surface area contributed by atoms with E-state index in [9.17, 15) is 13.2 Å². The lowest BCUT2D eigenvalue weighted by Gasteiger charge is -2.22. The first kappa shape index (κ1) is 13.7. The van der Waals surface area contributed by atoms with Crippen molar-refractivity contribution in [2.24, 2.45) is 5.73 Å². The number of nitrogens with two attached hydrogens (primary N) is 1. The van der Waals surface area contributed by atoms with Gasteiger partial charge in [-0.2, -0.15) is 13.2 Å². The molecule has 0 amide bonds.